The molecule has 4 rings (SSSR count). The van der Waals surface area contributed by atoms with Crippen LogP contribution in [0.1, 0.15) is 54.5 Å². The fraction of sp³-hybridized carbons (Fsp3) is 0.538. The number of aliphatic hydroxyl groups excluding tert-OH is 4. The molecule has 7 heteroatoms. The Morgan fingerprint density at radius 2 is 1.76 bits per heavy atom. The van der Waals surface area contributed by atoms with E-state index in [2.05, 4.69) is 26.0 Å². The van der Waals surface area contributed by atoms with Crippen LogP contribution in [-0.4, -0.2) is 70.8 Å². The molecule has 2 aromatic rings. The number of hydrogen-bond acceptors (Lipinski definition) is 7. The number of rotatable bonds is 7. The zero-order valence-corrected chi connectivity index (χ0v) is 19.1. The Balaban J connectivity index is 1.55. The van der Waals surface area contributed by atoms with Crippen molar-refractivity contribution < 1.29 is 34.6 Å². The molecule has 0 aliphatic carbocycles. The highest BCUT2D eigenvalue weighted by Crippen LogP contribution is 2.35. The third kappa shape index (κ3) is 5.40. The Morgan fingerprint density at radius 3 is 2.39 bits per heavy atom. The lowest BCUT2D eigenvalue weighted by atomic mass is 9.87. The van der Waals surface area contributed by atoms with Crippen molar-refractivity contribution in [3.05, 3.63) is 64.7 Å². The molecule has 0 radical (unpaired) electrons. The number of hydrogen-bond donors (Lipinski definition) is 4. The highest BCUT2D eigenvalue weighted by molar-refractivity contribution is 5.40. The van der Waals surface area contributed by atoms with Crippen LogP contribution in [0, 0.1) is 0 Å². The van der Waals surface area contributed by atoms with Gasteiger partial charge in [-0.1, -0.05) is 44.2 Å². The molecule has 2 saturated heterocycles. The summed E-state index contributed by atoms with van der Waals surface area (Å²) in [4.78, 5) is 0. The lowest BCUT2D eigenvalue weighted by molar-refractivity contribution is -0.231. The van der Waals surface area contributed by atoms with Gasteiger partial charge in [-0.2, -0.15) is 0 Å². The van der Waals surface area contributed by atoms with Gasteiger partial charge in [0.1, 0.15) is 42.4 Å². The Kier molecular flexibility index (Phi) is 7.69. The Bertz CT molecular complexity index is 905. The standard InChI is InChI=1S/C26H34O7/c1-15(2)21-8-5-17(26-25(30)24(29)23(28)22(13-27)33-26)12-18(21)11-16-3-6-19(7-4-16)32-20-9-10-31-14-20/h3-8,12,15,20,22-30H,9-11,13-14H2,1-2H3/t20-,22+,23+,24-,25+,26-/m0/s1. The summed E-state index contributed by atoms with van der Waals surface area (Å²) < 4.78 is 17.1. The van der Waals surface area contributed by atoms with Crippen LogP contribution in [0.2, 0.25) is 0 Å². The molecule has 7 nitrogen and oxygen atoms in total. The summed E-state index contributed by atoms with van der Waals surface area (Å²) >= 11 is 0. The number of aliphatic hydroxyl groups is 4. The van der Waals surface area contributed by atoms with Gasteiger partial charge in [0.15, 0.2) is 0 Å². The second-order valence-electron chi connectivity index (χ2n) is 9.29. The third-order valence-electron chi connectivity index (χ3n) is 6.52. The molecule has 2 aromatic carbocycles. The van der Waals surface area contributed by atoms with Crippen LogP contribution in [0.15, 0.2) is 42.5 Å². The minimum Gasteiger partial charge on any atom is -0.488 e. The SMILES string of the molecule is CC(C)c1ccc([C@@H]2O[C@H](CO)[C@@H](O)[C@H](O)[C@H]2O)cc1Cc1ccc(O[C@H]2CCOC2)cc1. The van der Waals surface area contributed by atoms with Gasteiger partial charge in [-0.3, -0.25) is 0 Å². The van der Waals surface area contributed by atoms with E-state index in [1.165, 1.54) is 5.56 Å². The smallest absolute Gasteiger partial charge is 0.124 e. The van der Waals surface area contributed by atoms with Gasteiger partial charge in [0, 0.05) is 6.42 Å². The van der Waals surface area contributed by atoms with Crippen molar-refractivity contribution in [1.29, 1.82) is 0 Å². The first-order valence-electron chi connectivity index (χ1n) is 11.6. The minimum atomic E-state index is -1.40. The molecular formula is C26H34O7. The molecule has 4 N–H and O–H groups in total. The zero-order valence-electron chi connectivity index (χ0n) is 19.1. The summed E-state index contributed by atoms with van der Waals surface area (Å²) in [7, 11) is 0. The molecular weight excluding hydrogens is 424 g/mol. The predicted octanol–water partition coefficient (Wildman–Crippen LogP) is 2.08. The maximum absolute atomic E-state index is 10.5. The first-order valence-corrected chi connectivity index (χ1v) is 11.6. The van der Waals surface area contributed by atoms with E-state index in [0.717, 1.165) is 29.9 Å². The predicted molar refractivity (Wildman–Crippen MR) is 122 cm³/mol. The average molecular weight is 459 g/mol. The molecule has 33 heavy (non-hydrogen) atoms. The van der Waals surface area contributed by atoms with E-state index < -0.39 is 37.1 Å². The molecule has 0 spiro atoms. The molecule has 2 fully saturated rings. The van der Waals surface area contributed by atoms with Crippen LogP contribution < -0.4 is 4.74 Å². The summed E-state index contributed by atoms with van der Waals surface area (Å²) in [5.74, 6) is 1.13. The summed E-state index contributed by atoms with van der Waals surface area (Å²) in [6, 6.07) is 13.9. The monoisotopic (exact) mass is 458 g/mol. The number of ether oxygens (including phenoxy) is 3. The lowest BCUT2D eigenvalue weighted by Crippen LogP contribution is -2.55. The molecule has 0 unspecified atom stereocenters. The van der Waals surface area contributed by atoms with Crippen LogP contribution in [0.25, 0.3) is 0 Å². The van der Waals surface area contributed by atoms with Gasteiger partial charge in [-0.25, -0.2) is 0 Å². The van der Waals surface area contributed by atoms with Crippen LogP contribution in [-0.2, 0) is 15.9 Å². The first kappa shape index (κ1) is 24.1. The lowest BCUT2D eigenvalue weighted by Gasteiger charge is -2.40. The second kappa shape index (κ2) is 10.5. The molecule has 0 amide bonds. The van der Waals surface area contributed by atoms with Crippen LogP contribution in [0.3, 0.4) is 0 Å². The van der Waals surface area contributed by atoms with E-state index in [-0.39, 0.29) is 6.10 Å². The van der Waals surface area contributed by atoms with Gasteiger partial charge in [0.25, 0.3) is 0 Å². The van der Waals surface area contributed by atoms with Gasteiger partial charge in [-0.05, 0) is 46.7 Å². The minimum absolute atomic E-state index is 0.110. The van der Waals surface area contributed by atoms with Crippen molar-refractivity contribution in [2.24, 2.45) is 0 Å². The first-order chi connectivity index (χ1) is 15.9. The highest BCUT2D eigenvalue weighted by Gasteiger charge is 2.44. The van der Waals surface area contributed by atoms with Crippen molar-refractivity contribution in [3.8, 4) is 5.75 Å². The van der Waals surface area contributed by atoms with E-state index in [4.69, 9.17) is 14.2 Å². The van der Waals surface area contributed by atoms with Crippen molar-refractivity contribution >= 4 is 0 Å². The van der Waals surface area contributed by atoms with Gasteiger partial charge < -0.3 is 34.6 Å². The van der Waals surface area contributed by atoms with Crippen molar-refractivity contribution in [2.45, 2.75) is 69.2 Å². The molecule has 0 aromatic heterocycles. The topological polar surface area (TPSA) is 109 Å². The largest absolute Gasteiger partial charge is 0.488 e. The number of benzene rings is 2. The van der Waals surface area contributed by atoms with Gasteiger partial charge in [-0.15, -0.1) is 0 Å². The molecule has 6 atom stereocenters. The van der Waals surface area contributed by atoms with E-state index in [9.17, 15) is 20.4 Å². The quantitative estimate of drug-likeness (QED) is 0.503. The third-order valence-corrected chi connectivity index (χ3v) is 6.52. The van der Waals surface area contributed by atoms with Gasteiger partial charge >= 0.3 is 0 Å². The molecule has 180 valence electrons. The Labute approximate surface area is 194 Å². The maximum atomic E-state index is 10.5. The van der Waals surface area contributed by atoms with Gasteiger partial charge in [0.2, 0.25) is 0 Å². The summed E-state index contributed by atoms with van der Waals surface area (Å²) in [6.45, 7) is 5.19. The van der Waals surface area contributed by atoms with Crippen molar-refractivity contribution in [2.75, 3.05) is 19.8 Å². The highest BCUT2D eigenvalue weighted by atomic mass is 16.5. The second-order valence-corrected chi connectivity index (χ2v) is 9.29. The van der Waals surface area contributed by atoms with E-state index in [1.54, 1.807) is 0 Å². The van der Waals surface area contributed by atoms with E-state index >= 15 is 0 Å². The van der Waals surface area contributed by atoms with Crippen molar-refractivity contribution in [3.63, 3.8) is 0 Å². The Hall–Kier alpha value is -2.00. The molecule has 2 aliphatic rings. The molecule has 0 saturated carbocycles. The van der Waals surface area contributed by atoms with Gasteiger partial charge in [0.05, 0.1) is 19.8 Å². The molecule has 2 aliphatic heterocycles. The fourth-order valence-electron chi connectivity index (χ4n) is 4.60. The van der Waals surface area contributed by atoms with E-state index in [0.29, 0.717) is 24.5 Å². The van der Waals surface area contributed by atoms with Crippen LogP contribution >= 0.6 is 0 Å². The maximum Gasteiger partial charge on any atom is 0.124 e. The van der Waals surface area contributed by atoms with Crippen molar-refractivity contribution in [1.82, 2.24) is 0 Å². The summed E-state index contributed by atoms with van der Waals surface area (Å²) in [6.07, 6.45) is -4.13. The summed E-state index contributed by atoms with van der Waals surface area (Å²) in [5.41, 5.74) is 4.11. The zero-order chi connectivity index (χ0) is 23.5. The van der Waals surface area contributed by atoms with Crippen LogP contribution in [0.4, 0.5) is 0 Å². The van der Waals surface area contributed by atoms with E-state index in [1.807, 2.05) is 30.3 Å². The van der Waals surface area contributed by atoms with Crippen LogP contribution in [0.5, 0.6) is 5.75 Å². The molecule has 0 bridgehead atoms. The summed E-state index contributed by atoms with van der Waals surface area (Å²) in [5, 5.41) is 40.3. The normalized spacial score (nSPS) is 30.0. The molecule has 2 heterocycles. The fourth-order valence-corrected chi connectivity index (χ4v) is 4.60. The average Bonchev–Trinajstić information content (AvgIpc) is 3.32. The Morgan fingerprint density at radius 1 is 1.00 bits per heavy atom.